The number of nitrogens with zero attached hydrogens (tertiary/aromatic N) is 1. The van der Waals surface area contributed by atoms with Gasteiger partial charge in [-0.25, -0.2) is 9.36 Å². The summed E-state index contributed by atoms with van der Waals surface area (Å²) in [7, 11) is -4.20. The van der Waals surface area contributed by atoms with Gasteiger partial charge in [-0.2, -0.15) is 5.09 Å². The molecule has 1 aromatic carbocycles. The predicted molar refractivity (Wildman–Crippen MR) is 133 cm³/mol. The normalized spacial score (nSPS) is 26.4. The lowest BCUT2D eigenvalue weighted by Crippen LogP contribution is -2.46. The second-order valence-electron chi connectivity index (χ2n) is 8.75. The second kappa shape index (κ2) is 11.3. The third-order valence-corrected chi connectivity index (χ3v) is 8.64. The monoisotopic (exact) mass is 543 g/mol. The van der Waals surface area contributed by atoms with E-state index in [0.29, 0.717) is 0 Å². The molecule has 0 bridgehead atoms. The summed E-state index contributed by atoms with van der Waals surface area (Å²) in [5, 5.41) is 22.5. The second-order valence-corrected chi connectivity index (χ2v) is 11.8. The van der Waals surface area contributed by atoms with Crippen LogP contribution in [0.2, 0.25) is 0 Å². The minimum absolute atomic E-state index is 0.210. The molecule has 3 rings (SSSR count). The Morgan fingerprint density at radius 1 is 1.25 bits per heavy atom. The quantitative estimate of drug-likeness (QED) is 0.252. The van der Waals surface area contributed by atoms with Gasteiger partial charge in [0.25, 0.3) is 5.56 Å². The van der Waals surface area contributed by atoms with Gasteiger partial charge in [0.1, 0.15) is 22.8 Å². The fraction of sp³-hybridized carbons (Fsp3) is 0.500. The van der Waals surface area contributed by atoms with E-state index in [-0.39, 0.29) is 12.4 Å². The number of thioether (sulfide) groups is 1. The van der Waals surface area contributed by atoms with E-state index >= 15 is 0 Å². The molecule has 1 aromatic heterocycles. The van der Waals surface area contributed by atoms with Crippen molar-refractivity contribution < 1.29 is 33.4 Å². The van der Waals surface area contributed by atoms with Crippen molar-refractivity contribution in [2.24, 2.45) is 0 Å². The molecule has 0 unspecified atom stereocenters. The Kier molecular flexibility index (Phi) is 8.86. The van der Waals surface area contributed by atoms with Crippen molar-refractivity contribution in [2.45, 2.75) is 62.2 Å². The van der Waals surface area contributed by atoms with Gasteiger partial charge in [0.2, 0.25) is 0 Å². The standard InChI is InChI=1S/C22H30N3O9PS/c1-13(2)33-19(28)14(3)24-35(31,34-15-8-6-5-7-9-15)32-12-16-18(27)22(4,30)20(36-16)25-11-10-17(26)23-21(25)29/h5-11,13-14,16,18,20,27,30H,12H2,1-4H3,(H,24,31)(H,23,26,29)/t14-,16+,18+,20+,22+,35+/m0/s1. The molecule has 1 aliphatic heterocycles. The lowest BCUT2D eigenvalue weighted by atomic mass is 9.96. The third kappa shape index (κ3) is 6.67. The Hall–Kier alpha value is -2.41. The summed E-state index contributed by atoms with van der Waals surface area (Å²) < 4.78 is 31.1. The molecular formula is C22H30N3O9PS. The number of esters is 1. The van der Waals surface area contributed by atoms with Gasteiger partial charge in [-0.3, -0.25) is 23.7 Å². The molecule has 0 amide bonds. The maximum Gasteiger partial charge on any atom is 0.459 e. The Morgan fingerprint density at radius 3 is 2.53 bits per heavy atom. The molecule has 198 valence electrons. The van der Waals surface area contributed by atoms with Crippen molar-refractivity contribution in [3.8, 4) is 5.75 Å². The first-order valence-corrected chi connectivity index (χ1v) is 13.7. The maximum atomic E-state index is 13.6. The van der Waals surface area contributed by atoms with E-state index in [2.05, 4.69) is 10.1 Å². The molecular weight excluding hydrogens is 513 g/mol. The van der Waals surface area contributed by atoms with Gasteiger partial charge in [-0.05, 0) is 39.8 Å². The van der Waals surface area contributed by atoms with Crippen LogP contribution in [0.4, 0.5) is 0 Å². The van der Waals surface area contributed by atoms with Crippen LogP contribution in [-0.4, -0.2) is 61.4 Å². The van der Waals surface area contributed by atoms with E-state index < -0.39 is 59.4 Å². The van der Waals surface area contributed by atoms with E-state index in [1.54, 1.807) is 44.2 Å². The molecule has 1 fully saturated rings. The van der Waals surface area contributed by atoms with Crippen LogP contribution in [0.1, 0.15) is 33.1 Å². The number of para-hydroxylation sites is 1. The van der Waals surface area contributed by atoms with Gasteiger partial charge in [0.15, 0.2) is 0 Å². The van der Waals surface area contributed by atoms with Gasteiger partial charge in [0.05, 0.1) is 24.1 Å². The molecule has 1 aliphatic rings. The fourth-order valence-electron chi connectivity index (χ4n) is 3.50. The number of aromatic nitrogens is 2. The summed E-state index contributed by atoms with van der Waals surface area (Å²) in [5.74, 6) is -0.455. The minimum atomic E-state index is -4.20. The largest absolute Gasteiger partial charge is 0.462 e. The number of hydrogen-bond donors (Lipinski definition) is 4. The summed E-state index contributed by atoms with van der Waals surface area (Å²) >= 11 is 0.999. The summed E-state index contributed by atoms with van der Waals surface area (Å²) in [6.45, 7) is 5.76. The molecule has 14 heteroatoms. The number of H-pyrrole nitrogens is 1. The highest BCUT2D eigenvalue weighted by Gasteiger charge is 2.53. The average Bonchev–Trinajstić information content (AvgIpc) is 3.01. The highest BCUT2D eigenvalue weighted by Crippen LogP contribution is 2.51. The molecule has 2 aromatic rings. The lowest BCUT2D eigenvalue weighted by Gasteiger charge is -2.29. The van der Waals surface area contributed by atoms with Crippen molar-refractivity contribution >= 4 is 25.5 Å². The molecule has 6 atom stereocenters. The molecule has 0 aliphatic carbocycles. The number of rotatable bonds is 10. The zero-order valence-electron chi connectivity index (χ0n) is 20.2. The van der Waals surface area contributed by atoms with E-state index in [1.807, 2.05) is 0 Å². The van der Waals surface area contributed by atoms with Crippen LogP contribution >= 0.6 is 19.5 Å². The Bertz CT molecular complexity index is 1220. The van der Waals surface area contributed by atoms with Crippen LogP contribution in [0.5, 0.6) is 5.75 Å². The van der Waals surface area contributed by atoms with Gasteiger partial charge >= 0.3 is 19.4 Å². The smallest absolute Gasteiger partial charge is 0.459 e. The Labute approximate surface area is 211 Å². The van der Waals surface area contributed by atoms with E-state index in [9.17, 15) is 29.2 Å². The van der Waals surface area contributed by atoms with Crippen LogP contribution in [0.3, 0.4) is 0 Å². The zero-order valence-corrected chi connectivity index (χ0v) is 21.9. The topological polar surface area (TPSA) is 169 Å². The van der Waals surface area contributed by atoms with Crippen LogP contribution in [0.15, 0.2) is 52.2 Å². The van der Waals surface area contributed by atoms with Gasteiger partial charge < -0.3 is 19.5 Å². The predicted octanol–water partition coefficient (Wildman–Crippen LogP) is 1.40. The molecule has 36 heavy (non-hydrogen) atoms. The van der Waals surface area contributed by atoms with Crippen molar-refractivity contribution in [1.29, 1.82) is 0 Å². The van der Waals surface area contributed by atoms with Crippen LogP contribution in [0.25, 0.3) is 0 Å². The highest BCUT2D eigenvalue weighted by molar-refractivity contribution is 8.00. The van der Waals surface area contributed by atoms with Gasteiger partial charge in [-0.15, -0.1) is 11.8 Å². The van der Waals surface area contributed by atoms with Crippen molar-refractivity contribution in [1.82, 2.24) is 14.6 Å². The lowest BCUT2D eigenvalue weighted by molar-refractivity contribution is -0.149. The number of hydrogen-bond acceptors (Lipinski definition) is 10. The van der Waals surface area contributed by atoms with E-state index in [4.69, 9.17) is 13.8 Å². The Morgan fingerprint density at radius 2 is 1.92 bits per heavy atom. The van der Waals surface area contributed by atoms with Gasteiger partial charge in [0, 0.05) is 12.3 Å². The number of ether oxygens (including phenoxy) is 1. The van der Waals surface area contributed by atoms with Gasteiger partial charge in [-0.1, -0.05) is 18.2 Å². The highest BCUT2D eigenvalue weighted by atomic mass is 32.2. The Balaban J connectivity index is 1.80. The van der Waals surface area contributed by atoms with Crippen LogP contribution < -0.4 is 20.9 Å². The summed E-state index contributed by atoms with van der Waals surface area (Å²) in [6.07, 6.45) is -0.576. The fourth-order valence-corrected chi connectivity index (χ4v) is 6.73. The summed E-state index contributed by atoms with van der Waals surface area (Å²) in [4.78, 5) is 38.1. The molecule has 0 saturated carbocycles. The third-order valence-electron chi connectivity index (χ3n) is 5.29. The number of carbonyl (C=O) groups excluding carboxylic acids is 1. The molecule has 2 heterocycles. The first-order valence-electron chi connectivity index (χ1n) is 11.2. The SMILES string of the molecule is CC(C)OC(=O)[C@H](C)N[P@@](=O)(OC[C@H]1S[C@@H](n2ccc(=O)[nH]c2=O)[C@](C)(O)[C@@H]1O)Oc1ccccc1. The number of carbonyl (C=O) groups is 1. The van der Waals surface area contributed by atoms with Crippen LogP contribution in [0, 0.1) is 0 Å². The first-order chi connectivity index (χ1) is 16.8. The molecule has 4 N–H and O–H groups in total. The van der Waals surface area contributed by atoms with Crippen molar-refractivity contribution in [2.75, 3.05) is 6.61 Å². The first kappa shape index (κ1) is 28.2. The molecule has 1 saturated heterocycles. The molecule has 12 nitrogen and oxygen atoms in total. The van der Waals surface area contributed by atoms with Crippen molar-refractivity contribution in [3.05, 3.63) is 63.4 Å². The summed E-state index contributed by atoms with van der Waals surface area (Å²) in [5.41, 5.74) is -3.16. The summed E-state index contributed by atoms with van der Waals surface area (Å²) in [6, 6.07) is 8.24. The number of nitrogens with one attached hydrogen (secondary N) is 2. The number of aliphatic hydroxyl groups excluding tert-OH is 1. The average molecular weight is 544 g/mol. The maximum absolute atomic E-state index is 13.6. The molecule has 0 radical (unpaired) electrons. The number of aromatic amines is 1. The zero-order chi connectivity index (χ0) is 26.7. The minimum Gasteiger partial charge on any atom is -0.462 e. The van der Waals surface area contributed by atoms with Crippen molar-refractivity contribution in [3.63, 3.8) is 0 Å². The van der Waals surface area contributed by atoms with E-state index in [0.717, 1.165) is 22.4 Å². The molecule has 0 spiro atoms. The van der Waals surface area contributed by atoms with Crippen LogP contribution in [-0.2, 0) is 18.6 Å². The number of benzene rings is 1. The number of aliphatic hydroxyl groups is 2. The van der Waals surface area contributed by atoms with E-state index in [1.165, 1.54) is 20.0 Å².